The molecule has 0 atom stereocenters. The summed E-state index contributed by atoms with van der Waals surface area (Å²) in [6.45, 7) is 1.90. The van der Waals surface area contributed by atoms with Crippen molar-refractivity contribution in [2.24, 2.45) is 0 Å². The Hall–Kier alpha value is -2.07. The Morgan fingerprint density at radius 2 is 1.38 bits per heavy atom. The molecule has 0 saturated carbocycles. The largest absolute Gasteiger partial charge is 0.506 e. The summed E-state index contributed by atoms with van der Waals surface area (Å²) in [6, 6.07) is 7.00. The highest BCUT2D eigenvalue weighted by molar-refractivity contribution is 6.32. The van der Waals surface area contributed by atoms with E-state index in [4.69, 9.17) is 25.8 Å². The van der Waals surface area contributed by atoms with E-state index >= 15 is 0 Å². The monoisotopic (exact) mass is 308 g/mol. The molecule has 2 aromatic rings. The Labute approximate surface area is 128 Å². The molecule has 0 saturated heterocycles. The maximum Gasteiger partial charge on any atom is 0.164 e. The van der Waals surface area contributed by atoms with E-state index in [1.165, 1.54) is 0 Å². The van der Waals surface area contributed by atoms with Crippen molar-refractivity contribution < 1.29 is 19.3 Å². The van der Waals surface area contributed by atoms with Gasteiger partial charge in [-0.25, -0.2) is 0 Å². The first-order valence-electron chi connectivity index (χ1n) is 6.31. The highest BCUT2D eigenvalue weighted by Gasteiger charge is 2.17. The van der Waals surface area contributed by atoms with Crippen molar-refractivity contribution >= 4 is 11.6 Å². The Bertz CT molecular complexity index is 668. The lowest BCUT2D eigenvalue weighted by atomic mass is 10.0. The molecule has 0 spiro atoms. The topological polar surface area (TPSA) is 47.9 Å². The van der Waals surface area contributed by atoms with Crippen molar-refractivity contribution in [1.29, 1.82) is 0 Å². The maximum absolute atomic E-state index is 10.2. The maximum atomic E-state index is 10.2. The van der Waals surface area contributed by atoms with Gasteiger partial charge in [-0.3, -0.25) is 0 Å². The Kier molecular flexibility index (Phi) is 4.48. The molecule has 112 valence electrons. The molecule has 0 fully saturated rings. The van der Waals surface area contributed by atoms with Crippen LogP contribution in [0.15, 0.2) is 24.3 Å². The molecular formula is C16H17ClO4. The van der Waals surface area contributed by atoms with Crippen LogP contribution in [-0.4, -0.2) is 26.4 Å². The normalized spacial score (nSPS) is 10.3. The van der Waals surface area contributed by atoms with Gasteiger partial charge in [-0.15, -0.1) is 0 Å². The number of benzene rings is 2. The number of hydrogen-bond donors (Lipinski definition) is 1. The molecule has 21 heavy (non-hydrogen) atoms. The van der Waals surface area contributed by atoms with Gasteiger partial charge < -0.3 is 19.3 Å². The van der Waals surface area contributed by atoms with Crippen LogP contribution in [0.3, 0.4) is 0 Å². The molecule has 2 aromatic carbocycles. The lowest BCUT2D eigenvalue weighted by molar-refractivity contribution is 0.349. The van der Waals surface area contributed by atoms with Crippen LogP contribution in [0.5, 0.6) is 23.0 Å². The molecule has 0 heterocycles. The second-order valence-corrected chi connectivity index (χ2v) is 4.96. The molecule has 1 N–H and O–H groups in total. The number of halogens is 1. The highest BCUT2D eigenvalue weighted by atomic mass is 35.5. The third kappa shape index (κ3) is 2.85. The van der Waals surface area contributed by atoms with Crippen LogP contribution >= 0.6 is 11.6 Å². The molecule has 0 aliphatic carbocycles. The van der Waals surface area contributed by atoms with Crippen LogP contribution in [0.4, 0.5) is 0 Å². The average Bonchev–Trinajstić information content (AvgIpc) is 2.49. The number of phenolic OH excluding ortho intramolecular Hbond substituents is 1. The van der Waals surface area contributed by atoms with Crippen molar-refractivity contribution in [3.05, 3.63) is 34.9 Å². The summed E-state index contributed by atoms with van der Waals surface area (Å²) in [6.07, 6.45) is 0. The standard InChI is InChI=1S/C16H17ClO4/c1-9-5-11(16(18)12(17)6-9)10-7-14(20-3)15(21-4)8-13(10)19-2/h5-8,18H,1-4H3. The van der Waals surface area contributed by atoms with Crippen LogP contribution in [0.25, 0.3) is 11.1 Å². The number of hydrogen-bond acceptors (Lipinski definition) is 4. The summed E-state index contributed by atoms with van der Waals surface area (Å²) in [4.78, 5) is 0. The van der Waals surface area contributed by atoms with Crippen molar-refractivity contribution in [3.8, 4) is 34.1 Å². The lowest BCUT2D eigenvalue weighted by Crippen LogP contribution is -1.95. The van der Waals surface area contributed by atoms with E-state index in [2.05, 4.69) is 0 Å². The quantitative estimate of drug-likeness (QED) is 0.925. The van der Waals surface area contributed by atoms with Crippen LogP contribution in [0.1, 0.15) is 5.56 Å². The third-order valence-corrected chi connectivity index (χ3v) is 3.49. The van der Waals surface area contributed by atoms with E-state index in [1.807, 2.05) is 13.0 Å². The fourth-order valence-corrected chi connectivity index (χ4v) is 2.45. The van der Waals surface area contributed by atoms with Gasteiger partial charge in [-0.2, -0.15) is 0 Å². The second-order valence-electron chi connectivity index (χ2n) is 4.55. The molecule has 0 bridgehead atoms. The van der Waals surface area contributed by atoms with E-state index in [0.29, 0.717) is 33.4 Å². The fourth-order valence-electron chi connectivity index (χ4n) is 2.18. The zero-order valence-corrected chi connectivity index (χ0v) is 13.1. The van der Waals surface area contributed by atoms with E-state index in [9.17, 15) is 5.11 Å². The summed E-state index contributed by atoms with van der Waals surface area (Å²) in [5.74, 6) is 1.67. The number of rotatable bonds is 4. The number of ether oxygens (including phenoxy) is 3. The lowest BCUT2D eigenvalue weighted by Gasteiger charge is -2.16. The minimum Gasteiger partial charge on any atom is -0.506 e. The van der Waals surface area contributed by atoms with Gasteiger partial charge in [0.25, 0.3) is 0 Å². The number of aromatic hydroxyl groups is 1. The average molecular weight is 309 g/mol. The summed E-state index contributed by atoms with van der Waals surface area (Å²) < 4.78 is 15.9. The Morgan fingerprint density at radius 3 is 1.95 bits per heavy atom. The molecule has 0 aliphatic rings. The SMILES string of the molecule is COc1cc(OC)c(-c2cc(C)cc(Cl)c2O)cc1OC. The Morgan fingerprint density at radius 1 is 0.810 bits per heavy atom. The van der Waals surface area contributed by atoms with Crippen molar-refractivity contribution in [3.63, 3.8) is 0 Å². The second kappa shape index (κ2) is 6.14. The molecule has 0 amide bonds. The van der Waals surface area contributed by atoms with Gasteiger partial charge in [0.05, 0.1) is 26.4 Å². The van der Waals surface area contributed by atoms with E-state index in [-0.39, 0.29) is 5.75 Å². The van der Waals surface area contributed by atoms with Crippen LogP contribution in [0.2, 0.25) is 5.02 Å². The first kappa shape index (κ1) is 15.3. The number of aryl methyl sites for hydroxylation is 1. The van der Waals surface area contributed by atoms with Gasteiger partial charge in [0.1, 0.15) is 11.5 Å². The zero-order chi connectivity index (χ0) is 15.6. The van der Waals surface area contributed by atoms with Gasteiger partial charge in [0, 0.05) is 17.2 Å². The molecule has 4 nitrogen and oxygen atoms in total. The van der Waals surface area contributed by atoms with Crippen LogP contribution in [0, 0.1) is 6.92 Å². The zero-order valence-electron chi connectivity index (χ0n) is 12.4. The van der Waals surface area contributed by atoms with Gasteiger partial charge in [0.2, 0.25) is 0 Å². The van der Waals surface area contributed by atoms with Crippen molar-refractivity contribution in [1.82, 2.24) is 0 Å². The summed E-state index contributed by atoms with van der Waals surface area (Å²) in [5.41, 5.74) is 2.20. The predicted molar refractivity (Wildman–Crippen MR) is 82.9 cm³/mol. The van der Waals surface area contributed by atoms with Crippen LogP contribution < -0.4 is 14.2 Å². The molecular weight excluding hydrogens is 292 g/mol. The van der Waals surface area contributed by atoms with Gasteiger partial charge >= 0.3 is 0 Å². The Balaban J connectivity index is 2.74. The summed E-state index contributed by atoms with van der Waals surface area (Å²) in [7, 11) is 4.66. The molecule has 5 heteroatoms. The van der Waals surface area contributed by atoms with Gasteiger partial charge in [-0.05, 0) is 30.7 Å². The van der Waals surface area contributed by atoms with E-state index in [0.717, 1.165) is 5.56 Å². The van der Waals surface area contributed by atoms with E-state index < -0.39 is 0 Å². The summed E-state index contributed by atoms with van der Waals surface area (Å²) >= 11 is 6.05. The van der Waals surface area contributed by atoms with Gasteiger partial charge in [0.15, 0.2) is 11.5 Å². The minimum absolute atomic E-state index is 0.00721. The number of methoxy groups -OCH3 is 3. The van der Waals surface area contributed by atoms with Crippen molar-refractivity contribution in [2.45, 2.75) is 6.92 Å². The third-order valence-electron chi connectivity index (χ3n) is 3.20. The molecule has 2 rings (SSSR count). The first-order valence-corrected chi connectivity index (χ1v) is 6.69. The summed E-state index contributed by atoms with van der Waals surface area (Å²) in [5, 5.41) is 10.5. The minimum atomic E-state index is 0.00721. The fraction of sp³-hybridized carbons (Fsp3) is 0.250. The molecule has 0 unspecified atom stereocenters. The highest BCUT2D eigenvalue weighted by Crippen LogP contribution is 2.45. The van der Waals surface area contributed by atoms with E-state index in [1.54, 1.807) is 39.5 Å². The number of phenols is 1. The molecule has 0 aromatic heterocycles. The smallest absolute Gasteiger partial charge is 0.164 e. The first-order chi connectivity index (χ1) is 10.0. The van der Waals surface area contributed by atoms with Crippen LogP contribution in [-0.2, 0) is 0 Å². The molecule has 0 aliphatic heterocycles. The van der Waals surface area contributed by atoms with Crippen molar-refractivity contribution in [2.75, 3.05) is 21.3 Å². The predicted octanol–water partition coefficient (Wildman–Crippen LogP) is 4.05. The molecule has 0 radical (unpaired) electrons. The van der Waals surface area contributed by atoms with Gasteiger partial charge in [-0.1, -0.05) is 11.6 Å².